The summed E-state index contributed by atoms with van der Waals surface area (Å²) in [5, 5.41) is 18.3. The Bertz CT molecular complexity index is 183. The molecule has 3 nitrogen and oxygen atoms in total. The van der Waals surface area contributed by atoms with Gasteiger partial charge in [0.2, 0.25) is 0 Å². The summed E-state index contributed by atoms with van der Waals surface area (Å²) in [5.74, 6) is 0. The number of quaternary nitrogens is 1. The van der Waals surface area contributed by atoms with Gasteiger partial charge in [0.1, 0.15) is 12.6 Å². The summed E-state index contributed by atoms with van der Waals surface area (Å²) in [5.41, 5.74) is 0. The molecule has 0 bridgehead atoms. The van der Waals surface area contributed by atoms with Gasteiger partial charge in [-0.3, -0.25) is 0 Å². The van der Waals surface area contributed by atoms with Crippen LogP contribution >= 0.6 is 0 Å². The van der Waals surface area contributed by atoms with Crippen LogP contribution in [0.4, 0.5) is 0 Å². The molecule has 0 saturated carbocycles. The van der Waals surface area contributed by atoms with Crippen LogP contribution in [0.2, 0.25) is 0 Å². The number of likely N-dealkylation sites (N-methyl/N-ethyl adjacent to an activating group) is 1. The second-order valence-corrected chi connectivity index (χ2v) is 6.15. The first-order valence-electron chi connectivity index (χ1n) is 7.62. The standard InChI is InChI=1S/C15H34NO2/c1-4-5-6-7-8-9-10-11-12-16(2,3)13-15(18)14-17/h15,17-18H,4-14H2,1-3H3/q+1. The highest BCUT2D eigenvalue weighted by molar-refractivity contribution is 4.51. The van der Waals surface area contributed by atoms with E-state index in [1.807, 2.05) is 0 Å². The molecule has 0 amide bonds. The van der Waals surface area contributed by atoms with E-state index in [1.54, 1.807) is 0 Å². The second-order valence-electron chi connectivity index (χ2n) is 6.15. The molecule has 0 aliphatic heterocycles. The molecule has 110 valence electrons. The molecule has 1 unspecified atom stereocenters. The van der Waals surface area contributed by atoms with Crippen molar-refractivity contribution in [3.8, 4) is 0 Å². The van der Waals surface area contributed by atoms with Crippen LogP contribution in [-0.4, -0.2) is 54.6 Å². The highest BCUT2D eigenvalue weighted by Crippen LogP contribution is 2.10. The molecule has 0 heterocycles. The van der Waals surface area contributed by atoms with Gasteiger partial charge in [-0.2, -0.15) is 0 Å². The zero-order chi connectivity index (χ0) is 13.9. The van der Waals surface area contributed by atoms with Crippen LogP contribution < -0.4 is 0 Å². The molecule has 0 saturated heterocycles. The van der Waals surface area contributed by atoms with E-state index < -0.39 is 6.10 Å². The normalized spacial score (nSPS) is 13.8. The van der Waals surface area contributed by atoms with Crippen molar-refractivity contribution in [2.24, 2.45) is 0 Å². The van der Waals surface area contributed by atoms with Crippen molar-refractivity contribution in [2.75, 3.05) is 33.8 Å². The molecular weight excluding hydrogens is 226 g/mol. The third kappa shape index (κ3) is 11.0. The number of aliphatic hydroxyl groups is 2. The van der Waals surface area contributed by atoms with Crippen LogP contribution in [0.25, 0.3) is 0 Å². The fourth-order valence-corrected chi connectivity index (χ4v) is 2.39. The van der Waals surface area contributed by atoms with E-state index in [-0.39, 0.29) is 6.61 Å². The van der Waals surface area contributed by atoms with Crippen molar-refractivity contribution in [3.05, 3.63) is 0 Å². The summed E-state index contributed by atoms with van der Waals surface area (Å²) >= 11 is 0. The van der Waals surface area contributed by atoms with Crippen LogP contribution in [0.3, 0.4) is 0 Å². The summed E-state index contributed by atoms with van der Waals surface area (Å²) < 4.78 is 0.803. The maximum Gasteiger partial charge on any atom is 0.126 e. The van der Waals surface area contributed by atoms with E-state index in [0.29, 0.717) is 6.54 Å². The van der Waals surface area contributed by atoms with Gasteiger partial charge in [0, 0.05) is 0 Å². The van der Waals surface area contributed by atoms with Crippen LogP contribution in [-0.2, 0) is 0 Å². The summed E-state index contributed by atoms with van der Waals surface area (Å²) in [6.07, 6.45) is 10.1. The highest BCUT2D eigenvalue weighted by atomic mass is 16.3. The zero-order valence-electron chi connectivity index (χ0n) is 12.7. The van der Waals surface area contributed by atoms with Crippen molar-refractivity contribution in [3.63, 3.8) is 0 Å². The molecule has 0 radical (unpaired) electrons. The highest BCUT2D eigenvalue weighted by Gasteiger charge is 2.19. The van der Waals surface area contributed by atoms with E-state index in [4.69, 9.17) is 5.11 Å². The van der Waals surface area contributed by atoms with Crippen LogP contribution in [0.15, 0.2) is 0 Å². The van der Waals surface area contributed by atoms with Gasteiger partial charge in [-0.15, -0.1) is 0 Å². The van der Waals surface area contributed by atoms with Crippen molar-refractivity contribution in [1.29, 1.82) is 0 Å². The molecule has 0 aliphatic rings. The molecule has 0 aromatic rings. The third-order valence-corrected chi connectivity index (χ3v) is 3.53. The van der Waals surface area contributed by atoms with E-state index in [0.717, 1.165) is 11.0 Å². The lowest BCUT2D eigenvalue weighted by molar-refractivity contribution is -0.893. The summed E-state index contributed by atoms with van der Waals surface area (Å²) in [7, 11) is 4.25. The van der Waals surface area contributed by atoms with E-state index in [9.17, 15) is 5.11 Å². The number of nitrogens with zero attached hydrogens (tertiary/aromatic N) is 1. The second kappa shape index (κ2) is 10.8. The number of unbranched alkanes of at least 4 members (excludes halogenated alkanes) is 7. The molecule has 0 spiro atoms. The van der Waals surface area contributed by atoms with Gasteiger partial charge in [0.05, 0.1) is 27.2 Å². The molecule has 0 rings (SSSR count). The zero-order valence-corrected chi connectivity index (χ0v) is 12.7. The topological polar surface area (TPSA) is 40.5 Å². The lowest BCUT2D eigenvalue weighted by Gasteiger charge is -2.31. The fraction of sp³-hybridized carbons (Fsp3) is 1.00. The van der Waals surface area contributed by atoms with E-state index >= 15 is 0 Å². The molecule has 0 aromatic heterocycles. The van der Waals surface area contributed by atoms with Crippen molar-refractivity contribution in [1.82, 2.24) is 0 Å². The predicted octanol–water partition coefficient (Wildman–Crippen LogP) is 2.56. The van der Waals surface area contributed by atoms with E-state index in [1.165, 1.54) is 51.4 Å². The monoisotopic (exact) mass is 260 g/mol. The quantitative estimate of drug-likeness (QED) is 0.418. The largest absolute Gasteiger partial charge is 0.393 e. The Morgan fingerprint density at radius 3 is 1.89 bits per heavy atom. The Morgan fingerprint density at radius 2 is 1.39 bits per heavy atom. The molecule has 2 N–H and O–H groups in total. The lowest BCUT2D eigenvalue weighted by Crippen LogP contribution is -2.46. The van der Waals surface area contributed by atoms with Gasteiger partial charge in [-0.05, 0) is 12.8 Å². The maximum atomic E-state index is 9.45. The van der Waals surface area contributed by atoms with Gasteiger partial charge in [-0.1, -0.05) is 45.4 Å². The van der Waals surface area contributed by atoms with E-state index in [2.05, 4.69) is 21.0 Å². The first-order chi connectivity index (χ1) is 8.52. The minimum absolute atomic E-state index is 0.126. The lowest BCUT2D eigenvalue weighted by atomic mass is 10.1. The number of aliphatic hydroxyl groups excluding tert-OH is 2. The minimum atomic E-state index is -0.575. The Hall–Kier alpha value is -0.120. The summed E-state index contributed by atoms with van der Waals surface area (Å²) in [4.78, 5) is 0. The third-order valence-electron chi connectivity index (χ3n) is 3.53. The van der Waals surface area contributed by atoms with Gasteiger partial charge < -0.3 is 14.7 Å². The maximum absolute atomic E-state index is 9.45. The Balaban J connectivity index is 3.41. The number of hydrogen-bond donors (Lipinski definition) is 2. The number of hydrogen-bond acceptors (Lipinski definition) is 2. The van der Waals surface area contributed by atoms with Crippen LogP contribution in [0, 0.1) is 0 Å². The summed E-state index contributed by atoms with van der Waals surface area (Å²) in [6.45, 7) is 3.86. The molecule has 0 aliphatic carbocycles. The smallest absolute Gasteiger partial charge is 0.126 e. The first-order valence-corrected chi connectivity index (χ1v) is 7.62. The minimum Gasteiger partial charge on any atom is -0.393 e. The van der Waals surface area contributed by atoms with Crippen molar-refractivity contribution >= 4 is 0 Å². The number of rotatable bonds is 12. The Kier molecular flexibility index (Phi) is 10.7. The average Bonchev–Trinajstić information content (AvgIpc) is 2.31. The van der Waals surface area contributed by atoms with Gasteiger partial charge in [-0.25, -0.2) is 0 Å². The molecule has 0 aromatic carbocycles. The molecule has 18 heavy (non-hydrogen) atoms. The van der Waals surface area contributed by atoms with Crippen LogP contribution in [0.5, 0.6) is 0 Å². The molecular formula is C15H34NO2+. The molecule has 1 atom stereocenters. The average molecular weight is 260 g/mol. The van der Waals surface area contributed by atoms with Crippen molar-refractivity contribution in [2.45, 2.75) is 64.4 Å². The first kappa shape index (κ1) is 17.9. The van der Waals surface area contributed by atoms with Gasteiger partial charge in [0.25, 0.3) is 0 Å². The molecule has 0 fully saturated rings. The predicted molar refractivity (Wildman–Crippen MR) is 77.5 cm³/mol. The fourth-order valence-electron chi connectivity index (χ4n) is 2.39. The van der Waals surface area contributed by atoms with Crippen LogP contribution in [0.1, 0.15) is 58.3 Å². The van der Waals surface area contributed by atoms with Gasteiger partial charge in [0.15, 0.2) is 0 Å². The Labute approximate surface area is 113 Å². The Morgan fingerprint density at radius 1 is 0.889 bits per heavy atom. The SMILES string of the molecule is CCCCCCCCCC[N+](C)(C)CC(O)CO. The summed E-state index contributed by atoms with van der Waals surface area (Å²) in [6, 6.07) is 0. The molecule has 3 heteroatoms. The van der Waals surface area contributed by atoms with Crippen molar-refractivity contribution < 1.29 is 14.7 Å². The van der Waals surface area contributed by atoms with Gasteiger partial charge >= 0.3 is 0 Å².